The number of pyridine rings is 1. The molecule has 1 aromatic heterocycles. The van der Waals surface area contributed by atoms with Gasteiger partial charge in [0.05, 0.1) is 11.1 Å². The van der Waals surface area contributed by atoms with Gasteiger partial charge in [0.1, 0.15) is 0 Å². The maximum atomic E-state index is 12.8. The van der Waals surface area contributed by atoms with Crippen molar-refractivity contribution in [2.75, 3.05) is 0 Å². The molecule has 98 valence electrons. The Kier molecular flexibility index (Phi) is 3.07. The van der Waals surface area contributed by atoms with E-state index < -0.39 is 5.54 Å². The minimum Gasteiger partial charge on any atom is -0.319 e. The standard InChI is InChI=1S/C16H18N2O/c17-16(9-2-1-3-10-16)15(19)13-6-4-8-14-12(13)7-5-11-18-14/h4-8,11H,1-3,9-10,17H2. The van der Waals surface area contributed by atoms with Crippen molar-refractivity contribution in [3.8, 4) is 0 Å². The van der Waals surface area contributed by atoms with Gasteiger partial charge in [0.15, 0.2) is 5.78 Å². The summed E-state index contributed by atoms with van der Waals surface area (Å²) in [6, 6.07) is 9.49. The van der Waals surface area contributed by atoms with Crippen LogP contribution in [0.25, 0.3) is 10.9 Å². The molecule has 3 nitrogen and oxygen atoms in total. The second-order valence-electron chi connectivity index (χ2n) is 5.42. The second-order valence-corrected chi connectivity index (χ2v) is 5.42. The zero-order chi connectivity index (χ0) is 13.3. The third kappa shape index (κ3) is 2.15. The first-order valence-corrected chi connectivity index (χ1v) is 6.88. The Labute approximate surface area is 112 Å². The van der Waals surface area contributed by atoms with Crippen molar-refractivity contribution in [3.63, 3.8) is 0 Å². The Morgan fingerprint density at radius 1 is 1.11 bits per heavy atom. The van der Waals surface area contributed by atoms with E-state index in [1.807, 2.05) is 30.3 Å². The Morgan fingerprint density at radius 3 is 2.68 bits per heavy atom. The van der Waals surface area contributed by atoms with Crippen LogP contribution in [0, 0.1) is 0 Å². The van der Waals surface area contributed by atoms with E-state index in [9.17, 15) is 4.79 Å². The topological polar surface area (TPSA) is 56.0 Å². The number of ketones is 1. The predicted octanol–water partition coefficient (Wildman–Crippen LogP) is 3.08. The highest BCUT2D eigenvalue weighted by molar-refractivity contribution is 6.11. The van der Waals surface area contributed by atoms with Gasteiger partial charge >= 0.3 is 0 Å². The summed E-state index contributed by atoms with van der Waals surface area (Å²) in [7, 11) is 0. The number of carbonyl (C=O) groups is 1. The SMILES string of the molecule is NC1(C(=O)c2cccc3ncccc23)CCCCC1. The molecule has 0 unspecified atom stereocenters. The average Bonchev–Trinajstić information content (AvgIpc) is 2.47. The average molecular weight is 254 g/mol. The van der Waals surface area contributed by atoms with Crippen molar-refractivity contribution < 1.29 is 4.79 Å². The van der Waals surface area contributed by atoms with E-state index in [0.29, 0.717) is 0 Å². The van der Waals surface area contributed by atoms with Gasteiger partial charge in [-0.2, -0.15) is 0 Å². The molecule has 1 aliphatic carbocycles. The van der Waals surface area contributed by atoms with Gasteiger partial charge in [-0.3, -0.25) is 9.78 Å². The number of hydrogen-bond acceptors (Lipinski definition) is 3. The van der Waals surface area contributed by atoms with Crippen LogP contribution in [-0.2, 0) is 0 Å². The number of carbonyl (C=O) groups excluding carboxylic acids is 1. The van der Waals surface area contributed by atoms with Crippen molar-refractivity contribution in [3.05, 3.63) is 42.1 Å². The van der Waals surface area contributed by atoms with Crippen LogP contribution in [-0.4, -0.2) is 16.3 Å². The summed E-state index contributed by atoms with van der Waals surface area (Å²) in [6.07, 6.45) is 6.61. The predicted molar refractivity (Wildman–Crippen MR) is 76.1 cm³/mol. The Hall–Kier alpha value is -1.74. The van der Waals surface area contributed by atoms with E-state index in [0.717, 1.165) is 42.1 Å². The van der Waals surface area contributed by atoms with Crippen molar-refractivity contribution in [1.82, 2.24) is 4.98 Å². The number of benzene rings is 1. The molecule has 3 rings (SSSR count). The molecule has 1 fully saturated rings. The third-order valence-electron chi connectivity index (χ3n) is 4.09. The molecule has 2 aromatic rings. The molecule has 0 amide bonds. The molecular weight excluding hydrogens is 236 g/mol. The second kappa shape index (κ2) is 4.74. The molecule has 1 heterocycles. The molecule has 0 radical (unpaired) electrons. The summed E-state index contributed by atoms with van der Waals surface area (Å²) in [4.78, 5) is 17.1. The lowest BCUT2D eigenvalue weighted by Crippen LogP contribution is -2.49. The number of hydrogen-bond donors (Lipinski definition) is 1. The zero-order valence-electron chi connectivity index (χ0n) is 10.9. The highest BCUT2D eigenvalue weighted by atomic mass is 16.1. The molecule has 0 bridgehead atoms. The lowest BCUT2D eigenvalue weighted by Gasteiger charge is -2.32. The van der Waals surface area contributed by atoms with Crippen LogP contribution in [0.3, 0.4) is 0 Å². The van der Waals surface area contributed by atoms with E-state index in [2.05, 4.69) is 4.98 Å². The molecule has 1 aliphatic rings. The molecule has 2 N–H and O–H groups in total. The fourth-order valence-corrected chi connectivity index (χ4v) is 2.98. The number of Topliss-reactive ketones (excluding diaryl/α,β-unsaturated/α-hetero) is 1. The minimum absolute atomic E-state index is 0.0748. The van der Waals surface area contributed by atoms with Crippen LogP contribution >= 0.6 is 0 Å². The van der Waals surface area contributed by atoms with Crippen molar-refractivity contribution in [1.29, 1.82) is 0 Å². The normalized spacial score (nSPS) is 18.4. The fourth-order valence-electron chi connectivity index (χ4n) is 2.98. The monoisotopic (exact) mass is 254 g/mol. The molecule has 0 spiro atoms. The highest BCUT2D eigenvalue weighted by Crippen LogP contribution is 2.31. The van der Waals surface area contributed by atoms with Gasteiger partial charge in [0.25, 0.3) is 0 Å². The summed E-state index contributed by atoms with van der Waals surface area (Å²) >= 11 is 0. The molecule has 19 heavy (non-hydrogen) atoms. The zero-order valence-corrected chi connectivity index (χ0v) is 10.9. The van der Waals surface area contributed by atoms with Crippen LogP contribution in [0.4, 0.5) is 0 Å². The van der Waals surface area contributed by atoms with E-state index in [-0.39, 0.29) is 5.78 Å². The molecular formula is C16H18N2O. The van der Waals surface area contributed by atoms with Crippen LogP contribution < -0.4 is 5.73 Å². The number of nitrogens with zero attached hydrogens (tertiary/aromatic N) is 1. The maximum Gasteiger partial charge on any atom is 0.183 e. The quantitative estimate of drug-likeness (QED) is 0.838. The van der Waals surface area contributed by atoms with Crippen molar-refractivity contribution >= 4 is 16.7 Å². The van der Waals surface area contributed by atoms with E-state index in [1.165, 1.54) is 6.42 Å². The number of fused-ring (bicyclic) bond motifs is 1. The van der Waals surface area contributed by atoms with Gasteiger partial charge in [-0.1, -0.05) is 37.5 Å². The van der Waals surface area contributed by atoms with Crippen molar-refractivity contribution in [2.24, 2.45) is 5.73 Å². The Morgan fingerprint density at radius 2 is 1.89 bits per heavy atom. The first-order chi connectivity index (χ1) is 9.21. The number of aromatic nitrogens is 1. The Bertz CT molecular complexity index is 610. The van der Waals surface area contributed by atoms with Crippen LogP contribution in [0.5, 0.6) is 0 Å². The molecule has 3 heteroatoms. The largest absolute Gasteiger partial charge is 0.319 e. The first kappa shape index (κ1) is 12.3. The lowest BCUT2D eigenvalue weighted by molar-refractivity contribution is 0.0849. The van der Waals surface area contributed by atoms with Crippen LogP contribution in [0.2, 0.25) is 0 Å². The van der Waals surface area contributed by atoms with Gasteiger partial charge in [-0.25, -0.2) is 0 Å². The summed E-state index contributed by atoms with van der Waals surface area (Å²) in [6.45, 7) is 0. The molecule has 1 saturated carbocycles. The van der Waals surface area contributed by atoms with Gasteiger partial charge in [0.2, 0.25) is 0 Å². The summed E-state index contributed by atoms with van der Waals surface area (Å²) in [5.41, 5.74) is 7.25. The molecule has 0 aliphatic heterocycles. The first-order valence-electron chi connectivity index (χ1n) is 6.88. The summed E-state index contributed by atoms with van der Waals surface area (Å²) < 4.78 is 0. The summed E-state index contributed by atoms with van der Waals surface area (Å²) in [5, 5.41) is 0.908. The molecule has 0 atom stereocenters. The smallest absolute Gasteiger partial charge is 0.183 e. The lowest BCUT2D eigenvalue weighted by atomic mass is 9.77. The van der Waals surface area contributed by atoms with Gasteiger partial charge in [-0.15, -0.1) is 0 Å². The molecule has 0 saturated heterocycles. The van der Waals surface area contributed by atoms with Crippen molar-refractivity contribution in [2.45, 2.75) is 37.6 Å². The van der Waals surface area contributed by atoms with E-state index in [4.69, 9.17) is 5.73 Å². The minimum atomic E-state index is -0.678. The van der Waals surface area contributed by atoms with Gasteiger partial charge in [0, 0.05) is 17.1 Å². The maximum absolute atomic E-state index is 12.8. The van der Waals surface area contributed by atoms with Crippen LogP contribution in [0.15, 0.2) is 36.5 Å². The van der Waals surface area contributed by atoms with Gasteiger partial charge in [-0.05, 0) is 25.0 Å². The van der Waals surface area contributed by atoms with E-state index in [1.54, 1.807) is 6.20 Å². The van der Waals surface area contributed by atoms with Crippen LogP contribution in [0.1, 0.15) is 42.5 Å². The highest BCUT2D eigenvalue weighted by Gasteiger charge is 2.36. The van der Waals surface area contributed by atoms with E-state index >= 15 is 0 Å². The third-order valence-corrected chi connectivity index (χ3v) is 4.09. The number of rotatable bonds is 2. The number of nitrogens with two attached hydrogens (primary N) is 1. The fraction of sp³-hybridized carbons (Fsp3) is 0.375. The Balaban J connectivity index is 2.06. The summed E-state index contributed by atoms with van der Waals surface area (Å²) in [5.74, 6) is 0.0748. The van der Waals surface area contributed by atoms with Gasteiger partial charge < -0.3 is 5.73 Å². The molecule has 1 aromatic carbocycles.